The van der Waals surface area contributed by atoms with Crippen LogP contribution in [0.5, 0.6) is 0 Å². The molecule has 0 aromatic heterocycles. The van der Waals surface area contributed by atoms with Gasteiger partial charge in [0.25, 0.3) is 5.78 Å². The molecule has 0 saturated carbocycles. The number of hydroxylamine groups is 1. The fourth-order valence-corrected chi connectivity index (χ4v) is 1.05. The summed E-state index contributed by atoms with van der Waals surface area (Å²) in [7, 11) is 0. The number of nitrogens with one attached hydrogen (secondary N) is 1. The molecule has 2 N–H and O–H groups in total. The molecule has 1 rings (SSSR count). The Labute approximate surface area is 82.7 Å². The number of ketones is 1. The van der Waals surface area contributed by atoms with Crippen LogP contribution in [-0.4, -0.2) is 16.9 Å². The zero-order valence-corrected chi connectivity index (χ0v) is 8.04. The molecule has 0 aliphatic rings. The molecule has 0 atom stereocenters. The van der Waals surface area contributed by atoms with Crippen LogP contribution in [0.1, 0.15) is 10.4 Å². The third kappa shape index (κ3) is 2.37. The van der Waals surface area contributed by atoms with E-state index in [0.717, 1.165) is 4.47 Å². The van der Waals surface area contributed by atoms with Crippen LogP contribution in [0.15, 0.2) is 28.7 Å². The second-order valence-electron chi connectivity index (χ2n) is 2.28. The van der Waals surface area contributed by atoms with Crippen molar-refractivity contribution in [2.24, 2.45) is 0 Å². The number of amides is 1. The van der Waals surface area contributed by atoms with Gasteiger partial charge in [-0.15, -0.1) is 0 Å². The highest BCUT2D eigenvalue weighted by atomic mass is 79.9. The Balaban J connectivity index is 2.90. The predicted molar refractivity (Wildman–Crippen MR) is 48.4 cm³/mol. The Kier molecular flexibility index (Phi) is 3.16. The molecule has 0 fully saturated rings. The maximum Gasteiger partial charge on any atom is 0.315 e. The molecule has 0 saturated heterocycles. The molecular weight excluding hydrogens is 238 g/mol. The average Bonchev–Trinajstić information content (AvgIpc) is 2.17. The number of Topliss-reactive ketones (excluding diaryl/α,β-unsaturated/α-hetero) is 1. The SMILES string of the molecule is O=C(NO)C(=O)c1ccc(Br)cc1. The van der Waals surface area contributed by atoms with Gasteiger partial charge in [-0.05, 0) is 24.3 Å². The number of benzene rings is 1. The lowest BCUT2D eigenvalue weighted by atomic mass is 10.1. The zero-order chi connectivity index (χ0) is 9.84. The topological polar surface area (TPSA) is 66.4 Å². The van der Waals surface area contributed by atoms with Crippen molar-refractivity contribution in [3.63, 3.8) is 0 Å². The van der Waals surface area contributed by atoms with Crippen LogP contribution < -0.4 is 5.48 Å². The summed E-state index contributed by atoms with van der Waals surface area (Å²) in [6.07, 6.45) is 0. The minimum atomic E-state index is -1.04. The largest absolute Gasteiger partial charge is 0.315 e. The minimum absolute atomic E-state index is 0.231. The van der Waals surface area contributed by atoms with E-state index in [1.807, 2.05) is 0 Å². The number of carbonyl (C=O) groups excluding carboxylic acids is 2. The Hall–Kier alpha value is -1.20. The number of halogens is 1. The van der Waals surface area contributed by atoms with E-state index in [1.54, 1.807) is 12.1 Å². The zero-order valence-electron chi connectivity index (χ0n) is 6.45. The highest BCUT2D eigenvalue weighted by Crippen LogP contribution is 2.10. The molecule has 13 heavy (non-hydrogen) atoms. The summed E-state index contributed by atoms with van der Waals surface area (Å²) >= 11 is 3.19. The van der Waals surface area contributed by atoms with Crippen molar-refractivity contribution in [3.05, 3.63) is 34.3 Å². The lowest BCUT2D eigenvalue weighted by Gasteiger charge is -1.97. The maximum atomic E-state index is 11.1. The lowest BCUT2D eigenvalue weighted by molar-refractivity contribution is -0.124. The summed E-state index contributed by atoms with van der Waals surface area (Å²) in [5.41, 5.74) is 1.51. The van der Waals surface area contributed by atoms with Crippen LogP contribution >= 0.6 is 15.9 Å². The van der Waals surface area contributed by atoms with Crippen molar-refractivity contribution in [2.75, 3.05) is 0 Å². The maximum absolute atomic E-state index is 11.1. The molecule has 1 amide bonds. The Bertz CT molecular complexity index is 334. The number of hydrogen-bond acceptors (Lipinski definition) is 3. The van der Waals surface area contributed by atoms with Crippen molar-refractivity contribution >= 4 is 27.6 Å². The van der Waals surface area contributed by atoms with Gasteiger partial charge in [0.15, 0.2) is 0 Å². The summed E-state index contributed by atoms with van der Waals surface area (Å²) in [6, 6.07) is 6.25. The van der Waals surface area contributed by atoms with E-state index >= 15 is 0 Å². The van der Waals surface area contributed by atoms with Crippen LogP contribution in [0.2, 0.25) is 0 Å². The molecule has 0 radical (unpaired) electrons. The van der Waals surface area contributed by atoms with E-state index in [4.69, 9.17) is 5.21 Å². The summed E-state index contributed by atoms with van der Waals surface area (Å²) in [5.74, 6) is -1.81. The molecule has 0 spiro atoms. The monoisotopic (exact) mass is 243 g/mol. The van der Waals surface area contributed by atoms with Crippen molar-refractivity contribution in [3.8, 4) is 0 Å². The molecule has 0 unspecified atom stereocenters. The van der Waals surface area contributed by atoms with Gasteiger partial charge in [-0.25, -0.2) is 5.48 Å². The molecule has 1 aromatic carbocycles. The van der Waals surface area contributed by atoms with E-state index < -0.39 is 11.7 Å². The van der Waals surface area contributed by atoms with Gasteiger partial charge in [0.05, 0.1) is 0 Å². The molecule has 68 valence electrons. The highest BCUT2D eigenvalue weighted by molar-refractivity contribution is 9.10. The highest BCUT2D eigenvalue weighted by Gasteiger charge is 2.14. The number of rotatable bonds is 2. The van der Waals surface area contributed by atoms with Gasteiger partial charge in [0.1, 0.15) is 0 Å². The molecule has 0 aliphatic carbocycles. The molecular formula is C8H6BrNO3. The van der Waals surface area contributed by atoms with Crippen molar-refractivity contribution in [1.29, 1.82) is 0 Å². The van der Waals surface area contributed by atoms with Crippen LogP contribution in [0.4, 0.5) is 0 Å². The van der Waals surface area contributed by atoms with E-state index in [1.165, 1.54) is 17.6 Å². The third-order valence-electron chi connectivity index (χ3n) is 1.41. The standard InChI is InChI=1S/C8H6BrNO3/c9-6-3-1-5(2-4-6)7(11)8(12)10-13/h1-4,13H,(H,10,12). The first kappa shape index (κ1) is 9.88. The molecule has 4 nitrogen and oxygen atoms in total. The van der Waals surface area contributed by atoms with E-state index in [9.17, 15) is 9.59 Å². The summed E-state index contributed by atoms with van der Waals surface area (Å²) < 4.78 is 0.813. The molecule has 0 aliphatic heterocycles. The fraction of sp³-hybridized carbons (Fsp3) is 0. The van der Waals surface area contributed by atoms with Crippen molar-refractivity contribution in [2.45, 2.75) is 0 Å². The first-order valence-corrected chi connectivity index (χ1v) is 4.19. The molecule has 0 bridgehead atoms. The van der Waals surface area contributed by atoms with E-state index in [-0.39, 0.29) is 5.56 Å². The van der Waals surface area contributed by atoms with Crippen LogP contribution in [0.25, 0.3) is 0 Å². The van der Waals surface area contributed by atoms with Gasteiger partial charge in [-0.2, -0.15) is 0 Å². The van der Waals surface area contributed by atoms with Gasteiger partial charge < -0.3 is 0 Å². The van der Waals surface area contributed by atoms with Crippen LogP contribution in [0.3, 0.4) is 0 Å². The Morgan fingerprint density at radius 2 is 1.77 bits per heavy atom. The minimum Gasteiger partial charge on any atom is -0.288 e. The summed E-state index contributed by atoms with van der Waals surface area (Å²) in [6.45, 7) is 0. The lowest BCUT2D eigenvalue weighted by Crippen LogP contribution is -2.27. The van der Waals surface area contributed by atoms with Gasteiger partial charge in [-0.1, -0.05) is 15.9 Å². The summed E-state index contributed by atoms with van der Waals surface area (Å²) in [4.78, 5) is 21.8. The van der Waals surface area contributed by atoms with Crippen molar-refractivity contribution < 1.29 is 14.8 Å². The molecule has 0 heterocycles. The number of carbonyl (C=O) groups is 2. The van der Waals surface area contributed by atoms with Gasteiger partial charge in [0, 0.05) is 10.0 Å². The van der Waals surface area contributed by atoms with Gasteiger partial charge >= 0.3 is 5.91 Å². The predicted octanol–water partition coefficient (Wildman–Crippen LogP) is 1.14. The Morgan fingerprint density at radius 3 is 2.23 bits per heavy atom. The Morgan fingerprint density at radius 1 is 1.23 bits per heavy atom. The van der Waals surface area contributed by atoms with Crippen LogP contribution in [0, 0.1) is 0 Å². The fourth-order valence-electron chi connectivity index (χ4n) is 0.783. The van der Waals surface area contributed by atoms with E-state index in [0.29, 0.717) is 0 Å². The summed E-state index contributed by atoms with van der Waals surface area (Å²) in [5, 5.41) is 8.19. The van der Waals surface area contributed by atoms with E-state index in [2.05, 4.69) is 15.9 Å². The second kappa shape index (κ2) is 4.15. The van der Waals surface area contributed by atoms with Gasteiger partial charge in [0.2, 0.25) is 0 Å². The van der Waals surface area contributed by atoms with Crippen LogP contribution in [-0.2, 0) is 4.79 Å². The van der Waals surface area contributed by atoms with Gasteiger partial charge in [-0.3, -0.25) is 14.8 Å². The average molecular weight is 244 g/mol. The molecule has 5 heteroatoms. The second-order valence-corrected chi connectivity index (χ2v) is 3.19. The quantitative estimate of drug-likeness (QED) is 0.355. The third-order valence-corrected chi connectivity index (χ3v) is 1.94. The molecule has 1 aromatic rings. The normalized spacial score (nSPS) is 9.38. The first-order valence-electron chi connectivity index (χ1n) is 3.39. The number of hydrogen-bond donors (Lipinski definition) is 2. The van der Waals surface area contributed by atoms with Crippen molar-refractivity contribution in [1.82, 2.24) is 5.48 Å². The first-order chi connectivity index (χ1) is 6.15. The smallest absolute Gasteiger partial charge is 0.288 e.